The van der Waals surface area contributed by atoms with Crippen molar-refractivity contribution in [3.05, 3.63) is 0 Å². The van der Waals surface area contributed by atoms with E-state index < -0.39 is 25.7 Å². The summed E-state index contributed by atoms with van der Waals surface area (Å²) in [6.07, 6.45) is 0. The number of nitrogens with one attached hydrogen (secondary N) is 6. The molecule has 0 amide bonds. The molecule has 0 fully saturated rings. The molecular formula is C18H57N7Si6. The van der Waals surface area contributed by atoms with Crippen LogP contribution in [0.15, 0.2) is 0 Å². The second-order valence-electron chi connectivity index (χ2n) is 8.35. The van der Waals surface area contributed by atoms with Gasteiger partial charge in [0.15, 0.2) is 0 Å². The van der Waals surface area contributed by atoms with Gasteiger partial charge in [0.25, 0.3) is 25.7 Å². The van der Waals surface area contributed by atoms with Gasteiger partial charge in [0.1, 0.15) is 0 Å². The van der Waals surface area contributed by atoms with Gasteiger partial charge in [-0.2, -0.15) is 0 Å². The number of hydrogen-bond donors (Lipinski definition) is 6. The first-order chi connectivity index (χ1) is 14.9. The molecule has 0 rings (SSSR count). The van der Waals surface area contributed by atoms with E-state index in [9.17, 15) is 0 Å². The Morgan fingerprint density at radius 2 is 0.645 bits per heavy atom. The van der Waals surface area contributed by atoms with Crippen LogP contribution in [0, 0.1) is 0 Å². The van der Waals surface area contributed by atoms with Gasteiger partial charge in [0.05, 0.1) is 0 Å². The Kier molecular flexibility index (Phi) is 18.0. The third kappa shape index (κ3) is 8.63. The molecule has 0 bridgehead atoms. The smallest absolute Gasteiger partial charge is 0.274 e. The maximum Gasteiger partial charge on any atom is 0.274 e. The van der Waals surface area contributed by atoms with Gasteiger partial charge in [-0.05, 0) is 57.4 Å². The Labute approximate surface area is 206 Å². The third-order valence-electron chi connectivity index (χ3n) is 5.80. The molecule has 0 spiro atoms. The first-order valence-electron chi connectivity index (χ1n) is 13.2. The van der Waals surface area contributed by atoms with E-state index in [-0.39, 0.29) is 0 Å². The molecule has 0 aliphatic carbocycles. The van der Waals surface area contributed by atoms with Crippen molar-refractivity contribution in [2.24, 2.45) is 0 Å². The molecule has 0 heterocycles. The van der Waals surface area contributed by atoms with Gasteiger partial charge in [-0.15, -0.1) is 0 Å². The van der Waals surface area contributed by atoms with Gasteiger partial charge in [-0.25, -0.2) is 0 Å². The molecule has 6 N–H and O–H groups in total. The summed E-state index contributed by atoms with van der Waals surface area (Å²) in [5.41, 5.74) is 0. The van der Waals surface area contributed by atoms with Gasteiger partial charge >= 0.3 is 0 Å². The second-order valence-corrected chi connectivity index (χ2v) is 22.8. The van der Waals surface area contributed by atoms with E-state index in [4.69, 9.17) is 0 Å². The summed E-state index contributed by atoms with van der Waals surface area (Å²) in [6, 6.07) is 7.91. The highest BCUT2D eigenvalue weighted by Gasteiger charge is 2.60. The molecule has 0 aliphatic heterocycles. The lowest BCUT2D eigenvalue weighted by Crippen LogP contribution is -2.96. The fraction of sp³-hybridized carbons (Fsp3) is 1.00. The predicted octanol–water partition coefficient (Wildman–Crippen LogP) is -1.89. The highest BCUT2D eigenvalue weighted by atomic mass is 28.5. The average Bonchev–Trinajstić information content (AvgIpc) is 2.70. The average molecular weight is 540 g/mol. The SMILES string of the molecule is CCN[Si](CC[SiH3])(NCC)N([Si](CC[SiH3])(NCC)NCC)[Si](CC[SiH3])(NCC)NCC. The van der Waals surface area contributed by atoms with E-state index in [1.165, 1.54) is 67.0 Å². The Morgan fingerprint density at radius 1 is 0.452 bits per heavy atom. The molecule has 0 unspecified atom stereocenters. The lowest BCUT2D eigenvalue weighted by atomic mass is 10.8. The van der Waals surface area contributed by atoms with Crippen molar-refractivity contribution in [1.82, 2.24) is 33.8 Å². The monoisotopic (exact) mass is 539 g/mol. The Morgan fingerprint density at radius 3 is 0.774 bits per heavy atom. The van der Waals surface area contributed by atoms with E-state index in [1.807, 2.05) is 0 Å². The van der Waals surface area contributed by atoms with Crippen LogP contribution in [0.1, 0.15) is 41.5 Å². The van der Waals surface area contributed by atoms with E-state index in [0.29, 0.717) is 0 Å². The zero-order valence-corrected chi connectivity index (χ0v) is 31.4. The molecule has 7 nitrogen and oxygen atoms in total. The molecule has 0 atom stereocenters. The topological polar surface area (TPSA) is 75.4 Å². The summed E-state index contributed by atoms with van der Waals surface area (Å²) in [5, 5.41) is 0. The summed E-state index contributed by atoms with van der Waals surface area (Å²) in [7, 11) is -2.66. The van der Waals surface area contributed by atoms with Crippen LogP contribution >= 0.6 is 0 Å². The highest BCUT2D eigenvalue weighted by molar-refractivity contribution is 7.02. The molecule has 0 saturated carbocycles. The van der Waals surface area contributed by atoms with Crippen molar-refractivity contribution in [2.75, 3.05) is 39.3 Å². The molecular weight excluding hydrogens is 483 g/mol. The number of rotatable bonds is 21. The van der Waals surface area contributed by atoms with E-state index in [0.717, 1.165) is 39.3 Å². The van der Waals surface area contributed by atoms with Gasteiger partial charge in [-0.1, -0.05) is 59.7 Å². The minimum atomic E-state index is -2.15. The third-order valence-corrected chi connectivity index (χ3v) is 28.8. The summed E-state index contributed by atoms with van der Waals surface area (Å²) in [4.78, 5) is 25.0. The van der Waals surface area contributed by atoms with Gasteiger partial charge in [0, 0.05) is 30.7 Å². The lowest BCUT2D eigenvalue weighted by Gasteiger charge is -2.60. The van der Waals surface area contributed by atoms with E-state index in [1.54, 1.807) is 0 Å². The molecule has 31 heavy (non-hydrogen) atoms. The minimum Gasteiger partial charge on any atom is -0.314 e. The molecule has 0 aromatic rings. The van der Waals surface area contributed by atoms with E-state index in [2.05, 4.69) is 75.3 Å². The summed E-state index contributed by atoms with van der Waals surface area (Å²) >= 11 is 0. The normalized spacial score (nSPS) is 13.6. The van der Waals surface area contributed by atoms with Crippen molar-refractivity contribution >= 4 is 56.4 Å². The maximum absolute atomic E-state index is 4.17. The van der Waals surface area contributed by atoms with Gasteiger partial charge in [-0.3, -0.25) is 3.90 Å². The lowest BCUT2D eigenvalue weighted by molar-refractivity contribution is 0.604. The van der Waals surface area contributed by atoms with Crippen molar-refractivity contribution in [1.29, 1.82) is 0 Å². The summed E-state index contributed by atoms with van der Waals surface area (Å²) in [6.45, 7) is 20.0. The minimum absolute atomic E-state index is 1.03. The quantitative estimate of drug-likeness (QED) is 0.0953. The summed E-state index contributed by atoms with van der Waals surface area (Å²) in [5.74, 6) is 0. The Hall–Kier alpha value is 1.02. The molecule has 0 aromatic carbocycles. The standard InChI is InChI=1S/C18H57N7Si6/c1-7-19-29(16-13-26,20-8-2)25(30(17-14-27,21-9-3)22-10-4)31(18-15-28,23-11-5)24-12-6/h19-24H,7-18H2,1-6,26-28H3. The number of hydrogen-bond acceptors (Lipinski definition) is 7. The van der Waals surface area contributed by atoms with Gasteiger partial charge < -0.3 is 29.9 Å². The van der Waals surface area contributed by atoms with Crippen LogP contribution in [-0.2, 0) is 0 Å². The maximum atomic E-state index is 4.17. The van der Waals surface area contributed by atoms with Crippen LogP contribution in [0.3, 0.4) is 0 Å². The molecule has 0 radical (unpaired) electrons. The Bertz CT molecular complexity index is 337. The van der Waals surface area contributed by atoms with Crippen molar-refractivity contribution < 1.29 is 0 Å². The van der Waals surface area contributed by atoms with Crippen LogP contribution in [0.5, 0.6) is 0 Å². The molecule has 188 valence electrons. The zero-order valence-electron chi connectivity index (χ0n) is 22.4. The fourth-order valence-electron chi connectivity index (χ4n) is 5.35. The summed E-state index contributed by atoms with van der Waals surface area (Å²) < 4.78 is 3.16. The van der Waals surface area contributed by atoms with Crippen LogP contribution in [0.2, 0.25) is 36.3 Å². The van der Waals surface area contributed by atoms with Crippen molar-refractivity contribution in [3.63, 3.8) is 0 Å². The van der Waals surface area contributed by atoms with Gasteiger partial charge in [0.2, 0.25) is 0 Å². The van der Waals surface area contributed by atoms with E-state index >= 15 is 0 Å². The molecule has 0 aliphatic rings. The first-order valence-corrected chi connectivity index (χ1v) is 23.9. The van der Waals surface area contributed by atoms with Crippen LogP contribution in [-0.4, -0.2) is 99.6 Å². The van der Waals surface area contributed by atoms with Crippen molar-refractivity contribution in [3.8, 4) is 0 Å². The molecule has 0 aromatic heterocycles. The Balaban J connectivity index is 7.25. The van der Waals surface area contributed by atoms with Crippen LogP contribution in [0.25, 0.3) is 0 Å². The first kappa shape index (κ1) is 32.0. The fourth-order valence-corrected chi connectivity index (χ4v) is 33.3. The second kappa shape index (κ2) is 17.5. The predicted molar refractivity (Wildman–Crippen MR) is 160 cm³/mol. The zero-order chi connectivity index (χ0) is 23.8. The van der Waals surface area contributed by atoms with Crippen molar-refractivity contribution in [2.45, 2.75) is 77.8 Å². The molecule has 13 heteroatoms. The largest absolute Gasteiger partial charge is 0.314 e. The molecule has 0 saturated heterocycles. The van der Waals surface area contributed by atoms with Crippen LogP contribution < -0.4 is 29.9 Å². The van der Waals surface area contributed by atoms with Crippen LogP contribution in [0.4, 0.5) is 0 Å². The number of nitrogens with zero attached hydrogens (tertiary/aromatic N) is 1. The highest BCUT2D eigenvalue weighted by Crippen LogP contribution is 2.29.